The minimum absolute atomic E-state index is 0.0204. The lowest BCUT2D eigenvalue weighted by Gasteiger charge is -2.23. The highest BCUT2D eigenvalue weighted by Crippen LogP contribution is 2.22. The number of carbonyl (C=O) groups is 2. The summed E-state index contributed by atoms with van der Waals surface area (Å²) >= 11 is 0. The number of nitrogens with zero attached hydrogens (tertiary/aromatic N) is 1. The summed E-state index contributed by atoms with van der Waals surface area (Å²) in [6.07, 6.45) is 0. The van der Waals surface area contributed by atoms with E-state index in [4.69, 9.17) is 4.74 Å². The van der Waals surface area contributed by atoms with E-state index in [1.807, 2.05) is 30.3 Å². The number of urea groups is 1. The Bertz CT molecular complexity index is 743. The molecule has 0 aliphatic carbocycles. The van der Waals surface area contributed by atoms with Crippen molar-refractivity contribution in [1.29, 1.82) is 0 Å². The third-order valence-electron chi connectivity index (χ3n) is 4.09. The average molecular weight is 369 g/mol. The van der Waals surface area contributed by atoms with E-state index < -0.39 is 0 Å². The van der Waals surface area contributed by atoms with Crippen LogP contribution in [-0.4, -0.2) is 37.5 Å². The Morgan fingerprint density at radius 1 is 1.00 bits per heavy atom. The van der Waals surface area contributed by atoms with Crippen LogP contribution in [0, 0.1) is 5.92 Å². The first kappa shape index (κ1) is 20.3. The first-order valence-electron chi connectivity index (χ1n) is 8.92. The van der Waals surface area contributed by atoms with Crippen LogP contribution in [0.1, 0.15) is 25.5 Å². The molecule has 0 saturated heterocycles. The molecule has 3 amide bonds. The van der Waals surface area contributed by atoms with Gasteiger partial charge in [-0.1, -0.05) is 44.2 Å². The minimum Gasteiger partial charge on any atom is -0.484 e. The van der Waals surface area contributed by atoms with E-state index in [2.05, 4.69) is 24.5 Å². The maximum Gasteiger partial charge on any atom is 0.319 e. The van der Waals surface area contributed by atoms with Crippen LogP contribution >= 0.6 is 0 Å². The van der Waals surface area contributed by atoms with Crippen molar-refractivity contribution in [3.63, 3.8) is 0 Å². The van der Waals surface area contributed by atoms with Gasteiger partial charge in [0.05, 0.1) is 6.04 Å². The number of rotatable bonds is 7. The van der Waals surface area contributed by atoms with Crippen LogP contribution in [0.15, 0.2) is 54.6 Å². The van der Waals surface area contributed by atoms with Crippen LogP contribution in [-0.2, 0) is 4.79 Å². The Balaban J connectivity index is 1.92. The summed E-state index contributed by atoms with van der Waals surface area (Å²) in [6, 6.07) is 16.5. The molecule has 0 radical (unpaired) electrons. The molecule has 2 N–H and O–H groups in total. The molecule has 2 aromatic rings. The van der Waals surface area contributed by atoms with Crippen molar-refractivity contribution in [3.05, 3.63) is 60.2 Å². The quantitative estimate of drug-likeness (QED) is 0.782. The first-order valence-corrected chi connectivity index (χ1v) is 8.92. The van der Waals surface area contributed by atoms with Gasteiger partial charge < -0.3 is 20.3 Å². The predicted octanol–water partition coefficient (Wildman–Crippen LogP) is 3.67. The highest BCUT2D eigenvalue weighted by Gasteiger charge is 2.18. The Hall–Kier alpha value is -3.02. The molecule has 1 atom stereocenters. The Kier molecular flexibility index (Phi) is 7.23. The second-order valence-corrected chi connectivity index (χ2v) is 6.83. The van der Waals surface area contributed by atoms with Crippen molar-refractivity contribution in [2.45, 2.75) is 19.9 Å². The number of likely N-dealkylation sites (N-methyl/N-ethyl adjacent to an activating group) is 1. The van der Waals surface area contributed by atoms with Crippen LogP contribution in [0.3, 0.4) is 0 Å². The molecule has 27 heavy (non-hydrogen) atoms. The molecular formula is C21H27N3O3. The van der Waals surface area contributed by atoms with Crippen molar-refractivity contribution in [2.75, 3.05) is 26.0 Å². The summed E-state index contributed by atoms with van der Waals surface area (Å²) in [4.78, 5) is 25.4. The van der Waals surface area contributed by atoms with E-state index in [9.17, 15) is 9.59 Å². The largest absolute Gasteiger partial charge is 0.484 e. The van der Waals surface area contributed by atoms with Gasteiger partial charge >= 0.3 is 6.03 Å². The minimum atomic E-state index is -0.269. The van der Waals surface area contributed by atoms with Crippen molar-refractivity contribution < 1.29 is 14.3 Å². The molecule has 0 aliphatic heterocycles. The maximum absolute atomic E-state index is 12.4. The summed E-state index contributed by atoms with van der Waals surface area (Å²) in [6.45, 7) is 4.12. The molecule has 0 bridgehead atoms. The second kappa shape index (κ2) is 9.62. The van der Waals surface area contributed by atoms with Crippen molar-refractivity contribution >= 4 is 17.6 Å². The van der Waals surface area contributed by atoms with Gasteiger partial charge in [-0.2, -0.15) is 0 Å². The van der Waals surface area contributed by atoms with Crippen molar-refractivity contribution in [1.82, 2.24) is 10.2 Å². The summed E-state index contributed by atoms with van der Waals surface area (Å²) in [5.41, 5.74) is 1.71. The molecule has 0 unspecified atom stereocenters. The van der Waals surface area contributed by atoms with Gasteiger partial charge in [-0.05, 0) is 35.7 Å². The van der Waals surface area contributed by atoms with Gasteiger partial charge in [0.1, 0.15) is 5.75 Å². The summed E-state index contributed by atoms with van der Waals surface area (Å²) in [5, 5.41) is 5.84. The Morgan fingerprint density at radius 3 is 2.19 bits per heavy atom. The van der Waals surface area contributed by atoms with Crippen LogP contribution in [0.5, 0.6) is 5.75 Å². The molecular weight excluding hydrogens is 342 g/mol. The molecule has 0 aliphatic rings. The zero-order chi connectivity index (χ0) is 19.8. The molecule has 0 saturated carbocycles. The first-order chi connectivity index (χ1) is 12.9. The highest BCUT2D eigenvalue weighted by molar-refractivity contribution is 5.89. The Morgan fingerprint density at radius 2 is 1.63 bits per heavy atom. The molecule has 2 rings (SSSR count). The number of hydrogen-bond donors (Lipinski definition) is 2. The highest BCUT2D eigenvalue weighted by atomic mass is 16.5. The van der Waals surface area contributed by atoms with Gasteiger partial charge in [0.2, 0.25) is 0 Å². The fraction of sp³-hybridized carbons (Fsp3) is 0.333. The predicted molar refractivity (Wildman–Crippen MR) is 107 cm³/mol. The number of hydrogen-bond acceptors (Lipinski definition) is 3. The third-order valence-corrected chi connectivity index (χ3v) is 4.09. The lowest BCUT2D eigenvalue weighted by Crippen LogP contribution is -2.35. The van der Waals surface area contributed by atoms with E-state index in [-0.39, 0.29) is 30.5 Å². The SMILES string of the molecule is CC(C)[C@@H](NC(=O)Nc1ccc(OCC(=O)N(C)C)cc1)c1ccccc1. The van der Waals surface area contributed by atoms with Gasteiger partial charge in [-0.25, -0.2) is 4.79 Å². The number of carbonyl (C=O) groups excluding carboxylic acids is 2. The number of benzene rings is 2. The second-order valence-electron chi connectivity index (χ2n) is 6.83. The molecule has 0 aromatic heterocycles. The van der Waals surface area contributed by atoms with Crippen LogP contribution in [0.25, 0.3) is 0 Å². The lowest BCUT2D eigenvalue weighted by molar-refractivity contribution is -0.130. The fourth-order valence-electron chi connectivity index (χ4n) is 2.51. The fourth-order valence-corrected chi connectivity index (χ4v) is 2.51. The summed E-state index contributed by atoms with van der Waals surface area (Å²) in [7, 11) is 3.36. The van der Waals surface area contributed by atoms with Gasteiger partial charge in [0.25, 0.3) is 5.91 Å². The van der Waals surface area contributed by atoms with Crippen LogP contribution < -0.4 is 15.4 Å². The zero-order valence-electron chi connectivity index (χ0n) is 16.2. The normalized spacial score (nSPS) is 11.6. The van der Waals surface area contributed by atoms with E-state index in [1.54, 1.807) is 38.4 Å². The van der Waals surface area contributed by atoms with Gasteiger partial charge in [-0.3, -0.25) is 4.79 Å². The van der Waals surface area contributed by atoms with Crippen molar-refractivity contribution in [3.8, 4) is 5.75 Å². The maximum atomic E-state index is 12.4. The van der Waals surface area contributed by atoms with Gasteiger partial charge in [0.15, 0.2) is 6.61 Å². The molecule has 6 nitrogen and oxygen atoms in total. The average Bonchev–Trinajstić information content (AvgIpc) is 2.65. The topological polar surface area (TPSA) is 70.7 Å². The smallest absolute Gasteiger partial charge is 0.319 e. The molecule has 0 heterocycles. The van der Waals surface area contributed by atoms with Crippen LogP contribution in [0.2, 0.25) is 0 Å². The van der Waals surface area contributed by atoms with E-state index in [1.165, 1.54) is 4.90 Å². The van der Waals surface area contributed by atoms with E-state index >= 15 is 0 Å². The summed E-state index contributed by atoms with van der Waals surface area (Å²) in [5.74, 6) is 0.709. The standard InChI is InChI=1S/C21H27N3O3/c1-15(2)20(16-8-6-5-7-9-16)23-21(26)22-17-10-12-18(13-11-17)27-14-19(25)24(3)4/h5-13,15,20H,14H2,1-4H3,(H2,22,23,26)/t20-/m1/s1. The molecule has 144 valence electrons. The van der Waals surface area contributed by atoms with Gasteiger partial charge in [0, 0.05) is 19.8 Å². The number of anilines is 1. The molecule has 0 fully saturated rings. The van der Waals surface area contributed by atoms with E-state index in [0.717, 1.165) is 5.56 Å². The van der Waals surface area contributed by atoms with Crippen LogP contribution in [0.4, 0.5) is 10.5 Å². The Labute approximate surface area is 160 Å². The summed E-state index contributed by atoms with van der Waals surface area (Å²) < 4.78 is 5.42. The third kappa shape index (κ3) is 6.33. The zero-order valence-corrected chi connectivity index (χ0v) is 16.2. The lowest BCUT2D eigenvalue weighted by atomic mass is 9.96. The molecule has 2 aromatic carbocycles. The van der Waals surface area contributed by atoms with Crippen molar-refractivity contribution in [2.24, 2.45) is 5.92 Å². The molecule has 6 heteroatoms. The monoisotopic (exact) mass is 369 g/mol. The van der Waals surface area contributed by atoms with E-state index in [0.29, 0.717) is 11.4 Å². The number of nitrogens with one attached hydrogen (secondary N) is 2. The molecule has 0 spiro atoms. The number of amides is 3. The van der Waals surface area contributed by atoms with Gasteiger partial charge in [-0.15, -0.1) is 0 Å². The number of ether oxygens (including phenoxy) is 1.